The molecule has 1 aliphatic rings. The van der Waals surface area contributed by atoms with Crippen LogP contribution in [0.3, 0.4) is 0 Å². The zero-order chi connectivity index (χ0) is 13.7. The molecule has 0 unspecified atom stereocenters. The van der Waals surface area contributed by atoms with Gasteiger partial charge in [0.25, 0.3) is 0 Å². The maximum atomic E-state index is 13.5. The van der Waals surface area contributed by atoms with Crippen LogP contribution >= 0.6 is 0 Å². The molecule has 0 saturated carbocycles. The quantitative estimate of drug-likeness (QED) is 0.821. The number of piperidine rings is 1. The molecule has 0 aliphatic carbocycles. The van der Waals surface area contributed by atoms with Gasteiger partial charge in [-0.1, -0.05) is 30.4 Å². The van der Waals surface area contributed by atoms with Gasteiger partial charge in [-0.05, 0) is 38.9 Å². The molecule has 104 valence electrons. The van der Waals surface area contributed by atoms with Crippen LogP contribution in [0.1, 0.15) is 25.3 Å². The Morgan fingerprint density at radius 2 is 2.05 bits per heavy atom. The second kappa shape index (κ2) is 6.83. The standard InChI is InChI=1S/C16H23FN2/c1-13(2)12-19-9-7-15(8-10-19)18-11-14-5-3-4-6-16(14)17/h3-6,15,18H,1,7-12H2,2H3. The summed E-state index contributed by atoms with van der Waals surface area (Å²) in [7, 11) is 0. The summed E-state index contributed by atoms with van der Waals surface area (Å²) in [6, 6.07) is 7.48. The number of likely N-dealkylation sites (tertiary alicyclic amines) is 1. The van der Waals surface area contributed by atoms with E-state index >= 15 is 0 Å². The summed E-state index contributed by atoms with van der Waals surface area (Å²) in [4.78, 5) is 2.43. The number of hydrogen-bond acceptors (Lipinski definition) is 2. The minimum atomic E-state index is -0.116. The van der Waals surface area contributed by atoms with Crippen LogP contribution in [-0.2, 0) is 6.54 Å². The molecule has 1 fully saturated rings. The molecule has 0 bridgehead atoms. The van der Waals surface area contributed by atoms with Gasteiger partial charge in [-0.3, -0.25) is 4.90 Å². The second-order valence-electron chi connectivity index (χ2n) is 5.48. The summed E-state index contributed by atoms with van der Waals surface area (Å²) < 4.78 is 13.5. The third-order valence-electron chi connectivity index (χ3n) is 3.62. The molecule has 1 aromatic carbocycles. The van der Waals surface area contributed by atoms with Gasteiger partial charge in [0.15, 0.2) is 0 Å². The van der Waals surface area contributed by atoms with E-state index in [1.165, 1.54) is 11.6 Å². The van der Waals surface area contributed by atoms with Gasteiger partial charge in [-0.25, -0.2) is 4.39 Å². The topological polar surface area (TPSA) is 15.3 Å². The van der Waals surface area contributed by atoms with E-state index in [1.54, 1.807) is 6.07 Å². The number of halogens is 1. The van der Waals surface area contributed by atoms with Gasteiger partial charge in [0.05, 0.1) is 0 Å². The maximum Gasteiger partial charge on any atom is 0.127 e. The number of nitrogens with one attached hydrogen (secondary N) is 1. The molecule has 0 atom stereocenters. The average Bonchev–Trinajstić information content (AvgIpc) is 2.39. The Labute approximate surface area is 115 Å². The summed E-state index contributed by atoms with van der Waals surface area (Å²) in [5, 5.41) is 3.46. The molecule has 3 heteroatoms. The fraction of sp³-hybridized carbons (Fsp3) is 0.500. The van der Waals surface area contributed by atoms with E-state index in [4.69, 9.17) is 0 Å². The van der Waals surface area contributed by atoms with Crippen molar-refractivity contribution in [3.63, 3.8) is 0 Å². The smallest absolute Gasteiger partial charge is 0.127 e. The first-order valence-corrected chi connectivity index (χ1v) is 6.98. The Morgan fingerprint density at radius 1 is 1.37 bits per heavy atom. The minimum Gasteiger partial charge on any atom is -0.310 e. The molecule has 2 nitrogen and oxygen atoms in total. The highest BCUT2D eigenvalue weighted by Crippen LogP contribution is 2.13. The zero-order valence-electron chi connectivity index (χ0n) is 11.7. The first kappa shape index (κ1) is 14.2. The SMILES string of the molecule is C=C(C)CN1CCC(NCc2ccccc2F)CC1. The number of hydrogen-bond donors (Lipinski definition) is 1. The highest BCUT2D eigenvalue weighted by atomic mass is 19.1. The van der Waals surface area contributed by atoms with E-state index in [1.807, 2.05) is 12.1 Å². The summed E-state index contributed by atoms with van der Waals surface area (Å²) in [6.07, 6.45) is 2.25. The molecule has 1 aliphatic heterocycles. The van der Waals surface area contributed by atoms with Crippen molar-refractivity contribution < 1.29 is 4.39 Å². The van der Waals surface area contributed by atoms with Crippen molar-refractivity contribution in [3.8, 4) is 0 Å². The molecule has 2 rings (SSSR count). The van der Waals surface area contributed by atoms with Crippen molar-refractivity contribution in [2.45, 2.75) is 32.4 Å². The predicted octanol–water partition coefficient (Wildman–Crippen LogP) is 2.96. The first-order chi connectivity index (χ1) is 9.15. The molecule has 0 aromatic heterocycles. The summed E-state index contributed by atoms with van der Waals surface area (Å²) in [5.74, 6) is -0.116. The van der Waals surface area contributed by atoms with E-state index in [0.717, 1.165) is 38.0 Å². The Morgan fingerprint density at radius 3 is 2.68 bits per heavy atom. The van der Waals surface area contributed by atoms with Crippen molar-refractivity contribution in [2.75, 3.05) is 19.6 Å². The van der Waals surface area contributed by atoms with Gasteiger partial charge in [-0.2, -0.15) is 0 Å². The lowest BCUT2D eigenvalue weighted by Gasteiger charge is -2.32. The fourth-order valence-corrected chi connectivity index (χ4v) is 2.57. The van der Waals surface area contributed by atoms with Crippen molar-refractivity contribution in [3.05, 3.63) is 47.8 Å². The van der Waals surface area contributed by atoms with Gasteiger partial charge >= 0.3 is 0 Å². The normalized spacial score (nSPS) is 17.6. The van der Waals surface area contributed by atoms with E-state index in [0.29, 0.717) is 12.6 Å². The fourth-order valence-electron chi connectivity index (χ4n) is 2.57. The molecule has 0 spiro atoms. The molecule has 1 saturated heterocycles. The minimum absolute atomic E-state index is 0.116. The van der Waals surface area contributed by atoms with Crippen LogP contribution in [0.5, 0.6) is 0 Å². The third kappa shape index (κ3) is 4.44. The molecule has 1 heterocycles. The van der Waals surface area contributed by atoms with Gasteiger partial charge in [0.1, 0.15) is 5.82 Å². The predicted molar refractivity (Wildman–Crippen MR) is 77.5 cm³/mol. The van der Waals surface area contributed by atoms with Crippen LogP contribution in [0, 0.1) is 5.82 Å². The van der Waals surface area contributed by atoms with Gasteiger partial charge in [-0.15, -0.1) is 0 Å². The second-order valence-corrected chi connectivity index (χ2v) is 5.48. The molecular weight excluding hydrogens is 239 g/mol. The highest BCUT2D eigenvalue weighted by molar-refractivity contribution is 5.17. The van der Waals surface area contributed by atoms with E-state index < -0.39 is 0 Å². The van der Waals surface area contributed by atoms with Crippen LogP contribution in [0.4, 0.5) is 4.39 Å². The van der Waals surface area contributed by atoms with E-state index in [9.17, 15) is 4.39 Å². The number of rotatable bonds is 5. The molecule has 0 amide bonds. The van der Waals surface area contributed by atoms with Gasteiger partial charge in [0, 0.05) is 24.7 Å². The molecular formula is C16H23FN2. The first-order valence-electron chi connectivity index (χ1n) is 6.98. The largest absolute Gasteiger partial charge is 0.310 e. The highest BCUT2D eigenvalue weighted by Gasteiger charge is 2.18. The summed E-state index contributed by atoms with van der Waals surface area (Å²) in [6.45, 7) is 9.85. The van der Waals surface area contributed by atoms with Crippen LogP contribution < -0.4 is 5.32 Å². The van der Waals surface area contributed by atoms with Crippen LogP contribution in [0.15, 0.2) is 36.4 Å². The molecule has 1 aromatic rings. The number of nitrogens with zero attached hydrogens (tertiary/aromatic N) is 1. The summed E-state index contributed by atoms with van der Waals surface area (Å²) in [5.41, 5.74) is 1.98. The average molecular weight is 262 g/mol. The van der Waals surface area contributed by atoms with Gasteiger partial charge in [0.2, 0.25) is 0 Å². The Kier molecular flexibility index (Phi) is 5.11. The van der Waals surface area contributed by atoms with Crippen LogP contribution in [-0.4, -0.2) is 30.6 Å². The molecule has 19 heavy (non-hydrogen) atoms. The van der Waals surface area contributed by atoms with Crippen molar-refractivity contribution in [2.24, 2.45) is 0 Å². The maximum absolute atomic E-state index is 13.5. The Hall–Kier alpha value is -1.19. The Bertz CT molecular complexity index is 423. The van der Waals surface area contributed by atoms with E-state index in [2.05, 4.69) is 23.7 Å². The van der Waals surface area contributed by atoms with Crippen molar-refractivity contribution >= 4 is 0 Å². The third-order valence-corrected chi connectivity index (χ3v) is 3.62. The monoisotopic (exact) mass is 262 g/mol. The van der Waals surface area contributed by atoms with E-state index in [-0.39, 0.29) is 5.82 Å². The van der Waals surface area contributed by atoms with Crippen LogP contribution in [0.2, 0.25) is 0 Å². The molecule has 0 radical (unpaired) electrons. The lowest BCUT2D eigenvalue weighted by molar-refractivity contribution is 0.211. The zero-order valence-corrected chi connectivity index (χ0v) is 11.7. The summed E-state index contributed by atoms with van der Waals surface area (Å²) >= 11 is 0. The molecule has 1 N–H and O–H groups in total. The lowest BCUT2D eigenvalue weighted by atomic mass is 10.0. The van der Waals surface area contributed by atoms with Crippen LogP contribution in [0.25, 0.3) is 0 Å². The Balaban J connectivity index is 1.74. The van der Waals surface area contributed by atoms with Crippen molar-refractivity contribution in [1.29, 1.82) is 0 Å². The van der Waals surface area contributed by atoms with Crippen molar-refractivity contribution in [1.82, 2.24) is 10.2 Å². The number of benzene rings is 1. The van der Waals surface area contributed by atoms with Gasteiger partial charge < -0.3 is 5.32 Å². The lowest BCUT2D eigenvalue weighted by Crippen LogP contribution is -2.42.